The highest BCUT2D eigenvalue weighted by Crippen LogP contribution is 2.16. The number of hydrogen-bond donors (Lipinski definition) is 2. The highest BCUT2D eigenvalue weighted by atomic mass is 32.2. The van der Waals surface area contributed by atoms with Gasteiger partial charge in [0.1, 0.15) is 5.76 Å². The molecule has 2 N–H and O–H groups in total. The van der Waals surface area contributed by atoms with E-state index in [1.165, 1.54) is 6.07 Å². The Balaban J connectivity index is 2.08. The molecule has 2 aromatic rings. The maximum atomic E-state index is 12.3. The summed E-state index contributed by atoms with van der Waals surface area (Å²) in [5.74, 6) is 0.391. The topological polar surface area (TPSA) is 88.4 Å². The zero-order valence-corrected chi connectivity index (χ0v) is 13.9. The second-order valence-electron chi connectivity index (χ2n) is 5.21. The monoisotopic (exact) mass is 336 g/mol. The molecule has 0 saturated carbocycles. The molecule has 2 rings (SSSR count). The lowest BCUT2D eigenvalue weighted by Crippen LogP contribution is -2.26. The van der Waals surface area contributed by atoms with E-state index < -0.39 is 10.0 Å². The van der Waals surface area contributed by atoms with Crippen molar-refractivity contribution in [2.45, 2.75) is 26.3 Å². The molecular weight excluding hydrogens is 316 g/mol. The van der Waals surface area contributed by atoms with Crippen molar-refractivity contribution in [1.29, 1.82) is 0 Å². The van der Waals surface area contributed by atoms with Gasteiger partial charge in [-0.3, -0.25) is 9.52 Å². The van der Waals surface area contributed by atoms with E-state index in [9.17, 15) is 13.2 Å². The Kier molecular flexibility index (Phi) is 5.44. The van der Waals surface area contributed by atoms with Crippen molar-refractivity contribution < 1.29 is 17.6 Å². The number of nitrogens with one attached hydrogen (secondary N) is 2. The second kappa shape index (κ2) is 7.32. The molecule has 0 aliphatic rings. The largest absolute Gasteiger partial charge is 0.467 e. The van der Waals surface area contributed by atoms with Crippen LogP contribution in [0, 0.1) is 0 Å². The summed E-state index contributed by atoms with van der Waals surface area (Å²) in [5, 5.41) is 2.80. The van der Waals surface area contributed by atoms with E-state index in [-0.39, 0.29) is 17.7 Å². The molecule has 124 valence electrons. The minimum Gasteiger partial charge on any atom is -0.467 e. The standard InChI is InChI=1S/C16H20N2O4S/c1-3-10-23(20,21)18-14-7-4-6-13(11-14)16(19)17-12(2)15-8-5-9-22-15/h4-9,11-12,18H,3,10H2,1-2H3,(H,17,19). The van der Waals surface area contributed by atoms with Crippen LogP contribution in [0.4, 0.5) is 5.69 Å². The van der Waals surface area contributed by atoms with Crippen LogP contribution in [-0.2, 0) is 10.0 Å². The summed E-state index contributed by atoms with van der Waals surface area (Å²) >= 11 is 0. The van der Waals surface area contributed by atoms with Crippen LogP contribution < -0.4 is 10.0 Å². The second-order valence-corrected chi connectivity index (χ2v) is 7.05. The molecule has 1 aromatic heterocycles. The number of furan rings is 1. The summed E-state index contributed by atoms with van der Waals surface area (Å²) < 4.78 is 31.3. The molecule has 0 radical (unpaired) electrons. The van der Waals surface area contributed by atoms with Crippen molar-refractivity contribution in [2.75, 3.05) is 10.5 Å². The molecule has 1 amide bonds. The van der Waals surface area contributed by atoms with Crippen LogP contribution >= 0.6 is 0 Å². The van der Waals surface area contributed by atoms with Crippen LogP contribution in [0.3, 0.4) is 0 Å². The van der Waals surface area contributed by atoms with E-state index in [4.69, 9.17) is 4.42 Å². The molecule has 0 saturated heterocycles. The Morgan fingerprint density at radius 2 is 2.04 bits per heavy atom. The average molecular weight is 336 g/mol. The summed E-state index contributed by atoms with van der Waals surface area (Å²) in [7, 11) is -3.38. The quantitative estimate of drug-likeness (QED) is 0.813. The summed E-state index contributed by atoms with van der Waals surface area (Å²) in [6, 6.07) is 9.63. The van der Waals surface area contributed by atoms with E-state index in [0.717, 1.165) is 0 Å². The number of anilines is 1. The molecule has 1 heterocycles. The Labute approximate surface area is 135 Å². The van der Waals surface area contributed by atoms with E-state index in [1.807, 2.05) is 6.92 Å². The normalized spacial score (nSPS) is 12.6. The lowest BCUT2D eigenvalue weighted by molar-refractivity contribution is 0.0935. The van der Waals surface area contributed by atoms with Gasteiger partial charge in [-0.2, -0.15) is 0 Å². The molecule has 23 heavy (non-hydrogen) atoms. The highest BCUT2D eigenvalue weighted by molar-refractivity contribution is 7.92. The van der Waals surface area contributed by atoms with Crippen LogP contribution in [0.15, 0.2) is 47.1 Å². The van der Waals surface area contributed by atoms with E-state index in [1.54, 1.807) is 43.5 Å². The molecule has 0 bridgehead atoms. The SMILES string of the molecule is CCCS(=O)(=O)Nc1cccc(C(=O)NC(C)c2ccco2)c1. The highest BCUT2D eigenvalue weighted by Gasteiger charge is 2.15. The first-order valence-corrected chi connectivity index (χ1v) is 9.01. The van der Waals surface area contributed by atoms with Gasteiger partial charge in [-0.25, -0.2) is 8.42 Å². The Hall–Kier alpha value is -2.28. The minimum absolute atomic E-state index is 0.0406. The van der Waals surface area contributed by atoms with Crippen molar-refractivity contribution >= 4 is 21.6 Å². The lowest BCUT2D eigenvalue weighted by atomic mass is 10.1. The van der Waals surface area contributed by atoms with Gasteiger partial charge in [-0.15, -0.1) is 0 Å². The van der Waals surface area contributed by atoms with Crippen LogP contribution in [-0.4, -0.2) is 20.1 Å². The van der Waals surface area contributed by atoms with Gasteiger partial charge in [0.2, 0.25) is 10.0 Å². The minimum atomic E-state index is -3.38. The van der Waals surface area contributed by atoms with Gasteiger partial charge in [0.25, 0.3) is 5.91 Å². The average Bonchev–Trinajstić information content (AvgIpc) is 3.01. The predicted molar refractivity (Wildman–Crippen MR) is 88.7 cm³/mol. The molecule has 1 aromatic carbocycles. The van der Waals surface area contributed by atoms with Crippen molar-refractivity contribution in [1.82, 2.24) is 5.32 Å². The first-order valence-electron chi connectivity index (χ1n) is 7.36. The fourth-order valence-corrected chi connectivity index (χ4v) is 3.24. The number of carbonyl (C=O) groups is 1. The molecule has 0 aliphatic heterocycles. The van der Waals surface area contributed by atoms with Crippen LogP contribution in [0.5, 0.6) is 0 Å². The number of hydrogen-bond acceptors (Lipinski definition) is 4. The van der Waals surface area contributed by atoms with Gasteiger partial charge >= 0.3 is 0 Å². The maximum Gasteiger partial charge on any atom is 0.251 e. The summed E-state index contributed by atoms with van der Waals surface area (Å²) in [4.78, 5) is 12.3. The first-order chi connectivity index (χ1) is 10.9. The third kappa shape index (κ3) is 4.85. The molecule has 1 unspecified atom stereocenters. The van der Waals surface area contributed by atoms with Gasteiger partial charge < -0.3 is 9.73 Å². The van der Waals surface area contributed by atoms with Crippen molar-refractivity contribution in [3.8, 4) is 0 Å². The molecule has 0 fully saturated rings. The van der Waals surface area contributed by atoms with Gasteiger partial charge in [-0.1, -0.05) is 13.0 Å². The zero-order valence-electron chi connectivity index (χ0n) is 13.1. The zero-order chi connectivity index (χ0) is 16.9. The summed E-state index contributed by atoms with van der Waals surface area (Å²) in [5.41, 5.74) is 0.747. The predicted octanol–water partition coefficient (Wildman–Crippen LogP) is 2.92. The van der Waals surface area contributed by atoms with Gasteiger partial charge in [0, 0.05) is 11.3 Å². The molecule has 0 spiro atoms. The number of carbonyl (C=O) groups excluding carboxylic acids is 1. The number of rotatable bonds is 7. The number of benzene rings is 1. The van der Waals surface area contributed by atoms with Crippen LogP contribution in [0.1, 0.15) is 42.4 Å². The fourth-order valence-electron chi connectivity index (χ4n) is 2.11. The smallest absolute Gasteiger partial charge is 0.251 e. The van der Waals surface area contributed by atoms with E-state index in [0.29, 0.717) is 23.4 Å². The Bertz CT molecular complexity index is 754. The fraction of sp³-hybridized carbons (Fsp3) is 0.312. The molecule has 0 aliphatic carbocycles. The van der Waals surface area contributed by atoms with E-state index in [2.05, 4.69) is 10.0 Å². The molecule has 7 heteroatoms. The molecular formula is C16H20N2O4S. The van der Waals surface area contributed by atoms with Gasteiger partial charge in [0.05, 0.1) is 18.1 Å². The van der Waals surface area contributed by atoms with E-state index >= 15 is 0 Å². The molecule has 1 atom stereocenters. The maximum absolute atomic E-state index is 12.3. The lowest BCUT2D eigenvalue weighted by Gasteiger charge is -2.12. The van der Waals surface area contributed by atoms with Gasteiger partial charge in [-0.05, 0) is 43.7 Å². The van der Waals surface area contributed by atoms with Crippen LogP contribution in [0.25, 0.3) is 0 Å². The summed E-state index contributed by atoms with van der Waals surface area (Å²) in [6.07, 6.45) is 2.07. The van der Waals surface area contributed by atoms with Crippen molar-refractivity contribution in [3.05, 3.63) is 54.0 Å². The molecule has 6 nitrogen and oxygen atoms in total. The Morgan fingerprint density at radius 3 is 2.70 bits per heavy atom. The third-order valence-corrected chi connectivity index (χ3v) is 4.68. The van der Waals surface area contributed by atoms with Crippen molar-refractivity contribution in [3.63, 3.8) is 0 Å². The van der Waals surface area contributed by atoms with Crippen LogP contribution in [0.2, 0.25) is 0 Å². The van der Waals surface area contributed by atoms with Crippen molar-refractivity contribution in [2.24, 2.45) is 0 Å². The Morgan fingerprint density at radius 1 is 1.26 bits per heavy atom. The number of amides is 1. The van der Waals surface area contributed by atoms with Gasteiger partial charge in [0.15, 0.2) is 0 Å². The summed E-state index contributed by atoms with van der Waals surface area (Å²) in [6.45, 7) is 3.60. The first kappa shape index (κ1) is 17.1. The third-order valence-electron chi connectivity index (χ3n) is 3.19. The number of sulfonamides is 1.